The first-order chi connectivity index (χ1) is 7.06. The van der Waals surface area contributed by atoms with Gasteiger partial charge < -0.3 is 10.2 Å². The Morgan fingerprint density at radius 1 is 1.33 bits per heavy atom. The fourth-order valence-corrected chi connectivity index (χ4v) is 2.35. The third-order valence-corrected chi connectivity index (χ3v) is 3.87. The van der Waals surface area contributed by atoms with Gasteiger partial charge >= 0.3 is 5.97 Å². The Morgan fingerprint density at radius 2 is 2.00 bits per heavy atom. The Labute approximate surface area is 96.3 Å². The standard InChI is InChI=1S/C11H22O3S/c1-3-4-5-6-7-11(2,10(13)14)15-9-8-12/h12H,3-9H2,1-2H3,(H,13,14). The van der Waals surface area contributed by atoms with E-state index in [0.29, 0.717) is 12.2 Å². The fraction of sp³-hybridized carbons (Fsp3) is 0.909. The van der Waals surface area contributed by atoms with Crippen LogP contribution in [0.1, 0.15) is 46.0 Å². The molecule has 0 bridgehead atoms. The van der Waals surface area contributed by atoms with Crippen molar-refractivity contribution in [2.45, 2.75) is 50.7 Å². The summed E-state index contributed by atoms with van der Waals surface area (Å²) in [6.45, 7) is 3.93. The molecule has 1 unspecified atom stereocenters. The van der Waals surface area contributed by atoms with Gasteiger partial charge in [0.2, 0.25) is 0 Å². The maximum atomic E-state index is 11.1. The first-order valence-corrected chi connectivity index (χ1v) is 6.53. The molecule has 0 aliphatic rings. The van der Waals surface area contributed by atoms with Gasteiger partial charge in [0.1, 0.15) is 4.75 Å². The first-order valence-electron chi connectivity index (χ1n) is 5.55. The normalized spacial score (nSPS) is 14.9. The van der Waals surface area contributed by atoms with Gasteiger partial charge in [0.05, 0.1) is 6.61 Å². The maximum absolute atomic E-state index is 11.1. The van der Waals surface area contributed by atoms with Gasteiger partial charge in [-0.1, -0.05) is 32.6 Å². The van der Waals surface area contributed by atoms with Crippen molar-refractivity contribution in [3.63, 3.8) is 0 Å². The Balaban J connectivity index is 3.96. The Bertz CT molecular complexity index is 185. The SMILES string of the molecule is CCCCCCC(C)(SCCO)C(=O)O. The maximum Gasteiger partial charge on any atom is 0.319 e. The Morgan fingerprint density at radius 3 is 2.47 bits per heavy atom. The van der Waals surface area contributed by atoms with E-state index in [2.05, 4.69) is 6.92 Å². The number of hydrogen-bond acceptors (Lipinski definition) is 3. The van der Waals surface area contributed by atoms with E-state index >= 15 is 0 Å². The van der Waals surface area contributed by atoms with Gasteiger partial charge in [0.25, 0.3) is 0 Å². The van der Waals surface area contributed by atoms with Crippen molar-refractivity contribution in [1.29, 1.82) is 0 Å². The van der Waals surface area contributed by atoms with Crippen LogP contribution in [0.15, 0.2) is 0 Å². The van der Waals surface area contributed by atoms with Crippen LogP contribution >= 0.6 is 11.8 Å². The summed E-state index contributed by atoms with van der Waals surface area (Å²) in [7, 11) is 0. The monoisotopic (exact) mass is 234 g/mol. The van der Waals surface area contributed by atoms with Gasteiger partial charge in [0.15, 0.2) is 0 Å². The van der Waals surface area contributed by atoms with Gasteiger partial charge in [-0.15, -0.1) is 11.8 Å². The Hall–Kier alpha value is -0.220. The average Bonchev–Trinajstić information content (AvgIpc) is 2.21. The second-order valence-corrected chi connectivity index (χ2v) is 5.52. The largest absolute Gasteiger partial charge is 0.480 e. The highest BCUT2D eigenvalue weighted by atomic mass is 32.2. The number of aliphatic hydroxyl groups excluding tert-OH is 1. The number of carbonyl (C=O) groups is 1. The molecule has 2 N–H and O–H groups in total. The molecule has 0 radical (unpaired) electrons. The van der Waals surface area contributed by atoms with Crippen molar-refractivity contribution >= 4 is 17.7 Å². The minimum atomic E-state index is -0.766. The number of carboxylic acid groups (broad SMARTS) is 1. The predicted octanol–water partition coefficient (Wildman–Crippen LogP) is 2.53. The second kappa shape index (κ2) is 7.99. The van der Waals surface area contributed by atoms with Crippen LogP contribution in [0.25, 0.3) is 0 Å². The number of hydrogen-bond donors (Lipinski definition) is 2. The van der Waals surface area contributed by atoms with E-state index in [1.54, 1.807) is 6.92 Å². The molecule has 90 valence electrons. The van der Waals surface area contributed by atoms with E-state index in [1.807, 2.05) is 0 Å². The number of carboxylic acids is 1. The molecule has 0 aromatic rings. The summed E-state index contributed by atoms with van der Waals surface area (Å²) >= 11 is 1.34. The van der Waals surface area contributed by atoms with Crippen molar-refractivity contribution < 1.29 is 15.0 Å². The summed E-state index contributed by atoms with van der Waals surface area (Å²) in [5.41, 5.74) is 0. The highest BCUT2D eigenvalue weighted by Crippen LogP contribution is 2.31. The van der Waals surface area contributed by atoms with Crippen molar-refractivity contribution in [2.24, 2.45) is 0 Å². The molecule has 0 heterocycles. The Kier molecular flexibility index (Phi) is 7.88. The van der Waals surface area contributed by atoms with Gasteiger partial charge in [-0.25, -0.2) is 0 Å². The molecule has 0 saturated heterocycles. The average molecular weight is 234 g/mol. The minimum absolute atomic E-state index is 0.0441. The summed E-state index contributed by atoms with van der Waals surface area (Å²) in [5, 5.41) is 17.8. The van der Waals surface area contributed by atoms with Crippen LogP contribution in [0.4, 0.5) is 0 Å². The zero-order valence-electron chi connectivity index (χ0n) is 9.66. The van der Waals surface area contributed by atoms with E-state index in [4.69, 9.17) is 10.2 Å². The molecule has 0 aromatic carbocycles. The van der Waals surface area contributed by atoms with E-state index in [-0.39, 0.29) is 6.61 Å². The van der Waals surface area contributed by atoms with Crippen molar-refractivity contribution in [3.05, 3.63) is 0 Å². The van der Waals surface area contributed by atoms with E-state index in [9.17, 15) is 4.79 Å². The third-order valence-electron chi connectivity index (χ3n) is 2.47. The zero-order valence-corrected chi connectivity index (χ0v) is 10.5. The molecule has 1 atom stereocenters. The third kappa shape index (κ3) is 6.05. The number of rotatable bonds is 9. The lowest BCUT2D eigenvalue weighted by Crippen LogP contribution is -2.32. The van der Waals surface area contributed by atoms with Crippen LogP contribution in [-0.4, -0.2) is 33.3 Å². The second-order valence-electron chi connectivity index (χ2n) is 3.92. The van der Waals surface area contributed by atoms with Gasteiger partial charge in [-0.05, 0) is 13.3 Å². The quantitative estimate of drug-likeness (QED) is 0.602. The molecule has 0 amide bonds. The molecule has 0 aliphatic carbocycles. The summed E-state index contributed by atoms with van der Waals surface area (Å²) < 4.78 is -0.726. The molecule has 3 nitrogen and oxygen atoms in total. The van der Waals surface area contributed by atoms with Crippen LogP contribution in [0.5, 0.6) is 0 Å². The van der Waals surface area contributed by atoms with Crippen molar-refractivity contribution in [1.82, 2.24) is 0 Å². The van der Waals surface area contributed by atoms with Crippen molar-refractivity contribution in [3.8, 4) is 0 Å². The minimum Gasteiger partial charge on any atom is -0.480 e. The zero-order chi connectivity index (χ0) is 11.7. The molecule has 4 heteroatoms. The molecule has 0 saturated carbocycles. The smallest absolute Gasteiger partial charge is 0.319 e. The highest BCUT2D eigenvalue weighted by Gasteiger charge is 2.32. The summed E-state index contributed by atoms with van der Waals surface area (Å²) in [4.78, 5) is 11.1. The molecule has 0 aliphatic heterocycles. The molecule has 0 aromatic heterocycles. The van der Waals surface area contributed by atoms with Crippen LogP contribution in [0.2, 0.25) is 0 Å². The van der Waals surface area contributed by atoms with Crippen LogP contribution in [0, 0.1) is 0 Å². The van der Waals surface area contributed by atoms with Gasteiger partial charge in [-0.2, -0.15) is 0 Å². The summed E-state index contributed by atoms with van der Waals surface area (Å²) in [5.74, 6) is -0.270. The number of unbranched alkanes of at least 4 members (excludes halogenated alkanes) is 3. The summed E-state index contributed by atoms with van der Waals surface area (Å²) in [6, 6.07) is 0. The number of aliphatic hydroxyl groups is 1. The molecular weight excluding hydrogens is 212 g/mol. The molecule has 0 rings (SSSR count). The number of aliphatic carboxylic acids is 1. The molecular formula is C11H22O3S. The van der Waals surface area contributed by atoms with E-state index in [0.717, 1.165) is 19.3 Å². The molecule has 0 fully saturated rings. The molecule has 15 heavy (non-hydrogen) atoms. The predicted molar refractivity (Wildman–Crippen MR) is 64.3 cm³/mol. The lowest BCUT2D eigenvalue weighted by molar-refractivity contribution is -0.139. The van der Waals surface area contributed by atoms with Crippen LogP contribution in [-0.2, 0) is 4.79 Å². The van der Waals surface area contributed by atoms with E-state index < -0.39 is 10.7 Å². The summed E-state index contributed by atoms with van der Waals surface area (Å²) in [6.07, 6.45) is 5.06. The molecule has 0 spiro atoms. The van der Waals surface area contributed by atoms with Crippen LogP contribution in [0.3, 0.4) is 0 Å². The van der Waals surface area contributed by atoms with E-state index in [1.165, 1.54) is 18.2 Å². The lowest BCUT2D eigenvalue weighted by Gasteiger charge is -2.23. The van der Waals surface area contributed by atoms with Crippen LogP contribution < -0.4 is 0 Å². The first kappa shape index (κ1) is 14.8. The van der Waals surface area contributed by atoms with Crippen molar-refractivity contribution in [2.75, 3.05) is 12.4 Å². The number of thioether (sulfide) groups is 1. The fourth-order valence-electron chi connectivity index (χ4n) is 1.40. The van der Waals surface area contributed by atoms with Gasteiger partial charge in [0, 0.05) is 5.75 Å². The topological polar surface area (TPSA) is 57.5 Å². The lowest BCUT2D eigenvalue weighted by atomic mass is 10.0. The highest BCUT2D eigenvalue weighted by molar-refractivity contribution is 8.01. The van der Waals surface area contributed by atoms with Gasteiger partial charge in [-0.3, -0.25) is 4.79 Å².